The van der Waals surface area contributed by atoms with Crippen LogP contribution in [0.15, 0.2) is 48.8 Å². The molecule has 1 atom stereocenters. The monoisotopic (exact) mass is 717 g/mol. The van der Waals surface area contributed by atoms with Crippen LogP contribution >= 0.6 is 23.2 Å². The van der Waals surface area contributed by atoms with Crippen molar-refractivity contribution in [2.24, 2.45) is 5.92 Å². The van der Waals surface area contributed by atoms with E-state index in [0.717, 1.165) is 19.1 Å². The molecule has 16 heteroatoms. The first-order chi connectivity index (χ1) is 22.3. The molecular weight excluding hydrogens is 685 g/mol. The van der Waals surface area contributed by atoms with Crippen molar-refractivity contribution < 1.29 is 55.5 Å². The zero-order valence-corrected chi connectivity index (χ0v) is 27.7. The molecule has 3 aromatic rings. The van der Waals surface area contributed by atoms with Crippen molar-refractivity contribution >= 4 is 50.9 Å². The van der Waals surface area contributed by atoms with Crippen LogP contribution in [0.25, 0.3) is 0 Å². The van der Waals surface area contributed by atoms with Crippen LogP contribution in [-0.4, -0.2) is 60.2 Å². The second kappa shape index (κ2) is 16.3. The summed E-state index contributed by atoms with van der Waals surface area (Å²) in [7, 11) is -2.25. The fourth-order valence-electron chi connectivity index (χ4n) is 4.50. The highest BCUT2D eigenvalue weighted by atomic mass is 35.5. The number of aromatic amines is 1. The topological polar surface area (TPSA) is 141 Å². The first-order valence-electron chi connectivity index (χ1n) is 14.3. The summed E-state index contributed by atoms with van der Waals surface area (Å²) in [6.45, 7) is -3.63. The third kappa shape index (κ3) is 11.4. The van der Waals surface area contributed by atoms with E-state index in [1.807, 2.05) is 0 Å². The van der Waals surface area contributed by atoms with Crippen molar-refractivity contribution in [1.82, 2.24) is 0 Å². The summed E-state index contributed by atoms with van der Waals surface area (Å²) in [6.07, 6.45) is 5.95. The highest BCUT2D eigenvalue weighted by molar-refractivity contribution is 7.92. The van der Waals surface area contributed by atoms with Crippen molar-refractivity contribution in [2.75, 3.05) is 37.9 Å². The van der Waals surface area contributed by atoms with E-state index >= 15 is 0 Å². The fraction of sp³-hybridized carbons (Fsp3) is 0.387. The summed E-state index contributed by atoms with van der Waals surface area (Å²) in [5.41, 5.74) is 1.66. The number of carbonyl (C=O) groups excluding carboxylic acids is 2. The number of pyridine rings is 1. The second-order valence-corrected chi connectivity index (χ2v) is 13.4. The first-order valence-corrected chi connectivity index (χ1v) is 17.0. The molecule has 1 saturated carbocycles. The molecule has 47 heavy (non-hydrogen) atoms. The van der Waals surface area contributed by atoms with Crippen LogP contribution in [0, 0.1) is 5.92 Å². The number of H-pyrrole nitrogens is 1. The number of benzene rings is 2. The van der Waals surface area contributed by atoms with Crippen molar-refractivity contribution in [3.05, 3.63) is 75.5 Å². The van der Waals surface area contributed by atoms with E-state index in [2.05, 4.69) is 14.4 Å². The maximum atomic E-state index is 13.1. The van der Waals surface area contributed by atoms with E-state index < -0.39 is 41.1 Å². The Hall–Kier alpha value is -3.88. The van der Waals surface area contributed by atoms with Crippen molar-refractivity contribution in [1.29, 1.82) is 0 Å². The molecule has 1 heterocycles. The smallest absolute Gasteiger partial charge is 0.387 e. The molecule has 0 aliphatic heterocycles. The quantitative estimate of drug-likeness (QED) is 0.186. The van der Waals surface area contributed by atoms with Gasteiger partial charge < -0.3 is 23.7 Å². The van der Waals surface area contributed by atoms with Crippen LogP contribution in [0.2, 0.25) is 10.0 Å². The predicted molar refractivity (Wildman–Crippen MR) is 168 cm³/mol. The Bertz CT molecular complexity index is 1670. The lowest BCUT2D eigenvalue weighted by Gasteiger charge is -2.21. The minimum atomic E-state index is -3.62. The maximum absolute atomic E-state index is 13.1. The van der Waals surface area contributed by atoms with Gasteiger partial charge in [0.2, 0.25) is 10.0 Å². The molecular formula is C31H33Cl2F2N2O9S+. The summed E-state index contributed by atoms with van der Waals surface area (Å²) in [4.78, 5) is 28.0. The van der Waals surface area contributed by atoms with Crippen LogP contribution in [0.1, 0.15) is 35.4 Å². The van der Waals surface area contributed by atoms with Gasteiger partial charge in [-0.25, -0.2) is 18.2 Å². The van der Waals surface area contributed by atoms with Crippen LogP contribution < -0.4 is 23.9 Å². The normalized spacial score (nSPS) is 13.5. The van der Waals surface area contributed by atoms with E-state index in [1.165, 1.54) is 37.7 Å². The molecule has 0 saturated heterocycles. The molecule has 0 amide bonds. The van der Waals surface area contributed by atoms with Gasteiger partial charge in [0.15, 0.2) is 30.5 Å². The van der Waals surface area contributed by atoms with Gasteiger partial charge in [0.05, 0.1) is 38.7 Å². The van der Waals surface area contributed by atoms with Crippen molar-refractivity contribution in [3.8, 4) is 17.2 Å². The molecule has 0 spiro atoms. The van der Waals surface area contributed by atoms with Crippen molar-refractivity contribution in [2.45, 2.75) is 38.2 Å². The van der Waals surface area contributed by atoms with Gasteiger partial charge in [0.1, 0.15) is 15.8 Å². The van der Waals surface area contributed by atoms with E-state index in [-0.39, 0.29) is 42.4 Å². The molecule has 0 unspecified atom stereocenters. The van der Waals surface area contributed by atoms with Gasteiger partial charge in [-0.15, -0.1) is 0 Å². The number of carbonyl (C=O) groups is 2. The minimum Gasteiger partial charge on any atom is -0.495 e. The lowest BCUT2D eigenvalue weighted by molar-refractivity contribution is -0.377. The summed E-state index contributed by atoms with van der Waals surface area (Å²) in [6, 6.07) is 8.92. The van der Waals surface area contributed by atoms with E-state index in [4.69, 9.17) is 42.1 Å². The number of alkyl halides is 2. The Morgan fingerprint density at radius 1 is 1.00 bits per heavy atom. The summed E-state index contributed by atoms with van der Waals surface area (Å²) >= 11 is 12.8. The number of hydrogen-bond acceptors (Lipinski definition) is 9. The molecule has 4 rings (SSSR count). The molecule has 0 radical (unpaired) electrons. The molecule has 2 aromatic carbocycles. The van der Waals surface area contributed by atoms with Crippen LogP contribution in [0.3, 0.4) is 0 Å². The van der Waals surface area contributed by atoms with Gasteiger partial charge in [0.25, 0.3) is 0 Å². The van der Waals surface area contributed by atoms with E-state index in [0.29, 0.717) is 39.3 Å². The fourth-order valence-corrected chi connectivity index (χ4v) is 5.60. The first kappa shape index (κ1) is 36.0. The highest BCUT2D eigenvalue weighted by Crippen LogP contribution is 2.37. The molecule has 1 fully saturated rings. The Balaban J connectivity index is 1.44. The zero-order valence-electron chi connectivity index (χ0n) is 25.4. The van der Waals surface area contributed by atoms with Gasteiger partial charge in [-0.2, -0.15) is 8.78 Å². The summed E-state index contributed by atoms with van der Waals surface area (Å²) in [5.74, 6) is -1.61. The predicted octanol–water partition coefficient (Wildman–Crippen LogP) is 5.23. The van der Waals surface area contributed by atoms with E-state index in [1.54, 1.807) is 18.2 Å². The number of ether oxygens (including phenoxy) is 5. The summed E-state index contributed by atoms with van der Waals surface area (Å²) < 4.78 is 78.0. The third-order valence-electron chi connectivity index (χ3n) is 6.98. The van der Waals surface area contributed by atoms with Gasteiger partial charge >= 0.3 is 18.6 Å². The lowest BCUT2D eigenvalue weighted by atomic mass is 9.92. The number of methoxy groups -OCH3 is 1. The molecule has 1 aromatic heterocycles. The van der Waals surface area contributed by atoms with Gasteiger partial charge in [-0.05, 0) is 60.6 Å². The number of nitrogens with one attached hydrogen (secondary N) is 2. The average Bonchev–Trinajstić information content (AvgIpc) is 3.83. The van der Waals surface area contributed by atoms with Crippen LogP contribution in [0.4, 0.5) is 14.5 Å². The number of esters is 2. The summed E-state index contributed by atoms with van der Waals surface area (Å²) in [5, 5.41) is 0.665. The van der Waals surface area contributed by atoms with Crippen LogP contribution in [-0.2, 0) is 41.9 Å². The molecule has 0 bridgehead atoms. The van der Waals surface area contributed by atoms with Crippen molar-refractivity contribution in [3.63, 3.8) is 0 Å². The zero-order chi connectivity index (χ0) is 34.1. The molecule has 254 valence electrons. The number of hydrogen-bond donors (Lipinski definition) is 1. The Morgan fingerprint density at radius 3 is 2.34 bits per heavy atom. The number of aromatic nitrogens is 1. The lowest BCUT2D eigenvalue weighted by Crippen LogP contribution is -2.21. The highest BCUT2D eigenvalue weighted by Gasteiger charge is 2.25. The SMILES string of the molecule is COc1ccc(CC(=O)OCC(=O)OC[C@@H](Cc2c(Cl)c[nH+]cc2Cl)c2ccc(OC(F)F)c(OCC3CC3)c2)cc1NS(C)(=O)=O. The molecule has 2 N–H and O–H groups in total. The average molecular weight is 719 g/mol. The number of rotatable bonds is 17. The molecule has 1 aliphatic carbocycles. The Labute approximate surface area is 280 Å². The largest absolute Gasteiger partial charge is 0.495 e. The van der Waals surface area contributed by atoms with Crippen LogP contribution in [0.5, 0.6) is 17.2 Å². The third-order valence-corrected chi connectivity index (χ3v) is 8.24. The second-order valence-electron chi connectivity index (χ2n) is 10.8. The maximum Gasteiger partial charge on any atom is 0.387 e. The minimum absolute atomic E-state index is 0.118. The number of sulfonamides is 1. The Morgan fingerprint density at radius 2 is 1.70 bits per heavy atom. The van der Waals surface area contributed by atoms with E-state index in [9.17, 15) is 26.8 Å². The molecule has 11 nitrogen and oxygen atoms in total. The number of halogens is 4. The Kier molecular flexibility index (Phi) is 12.5. The standard InChI is InChI=1S/C31H32Cl2F2N2O9S/c1-42-26-7-5-19(9-25(26)37-47(2,40)41)10-29(38)45-17-30(39)44-16-21(11-22-23(32)13-36-14-24(22)33)20-6-8-27(46-31(34)35)28(12-20)43-15-18-3-4-18/h5-9,12-14,18,21,31,37H,3-4,10-11,15-17H2,1-2H3/p+1/t21-/m1/s1. The number of anilines is 1. The van der Waals surface area contributed by atoms with Gasteiger partial charge in [-0.3, -0.25) is 9.52 Å². The molecule has 1 aliphatic rings. The van der Waals surface area contributed by atoms with Gasteiger partial charge in [0, 0.05) is 11.5 Å². The van der Waals surface area contributed by atoms with Gasteiger partial charge in [-0.1, -0.05) is 35.3 Å².